The number of hydrogen-bond donors (Lipinski definition) is 1. The van der Waals surface area contributed by atoms with Crippen LogP contribution in [0.3, 0.4) is 0 Å². The van der Waals surface area contributed by atoms with E-state index in [9.17, 15) is 14.4 Å². The molecule has 1 saturated heterocycles. The summed E-state index contributed by atoms with van der Waals surface area (Å²) in [5.74, 6) is 5.43. The molecule has 6 heteroatoms. The van der Waals surface area contributed by atoms with Crippen LogP contribution in [-0.2, 0) is 21.5 Å². The number of rotatable bonds is 2. The number of fused-ring (bicyclic) bond motifs is 1. The normalized spacial score (nSPS) is 18.4. The van der Waals surface area contributed by atoms with E-state index in [2.05, 4.69) is 33.1 Å². The number of piperidine rings is 1. The van der Waals surface area contributed by atoms with E-state index in [-0.39, 0.29) is 18.2 Å². The van der Waals surface area contributed by atoms with Crippen molar-refractivity contribution in [1.29, 1.82) is 0 Å². The monoisotopic (exact) mass is 436 g/mol. The van der Waals surface area contributed by atoms with Crippen LogP contribution in [0.4, 0.5) is 0 Å². The van der Waals surface area contributed by atoms with Crippen molar-refractivity contribution in [2.24, 2.45) is 0 Å². The Balaban J connectivity index is 1.60. The van der Waals surface area contributed by atoms with Gasteiger partial charge in [0.15, 0.2) is 0 Å². The van der Waals surface area contributed by atoms with Gasteiger partial charge in [0.2, 0.25) is 11.8 Å². The fraction of sp³-hybridized carbons (Fsp3) is 0.227. The molecule has 2 aliphatic heterocycles. The minimum atomic E-state index is -0.616. The van der Waals surface area contributed by atoms with Gasteiger partial charge in [0, 0.05) is 35.0 Å². The van der Waals surface area contributed by atoms with Crippen LogP contribution in [0.25, 0.3) is 0 Å². The number of carbonyl (C=O) groups is 3. The fourth-order valence-electron chi connectivity index (χ4n) is 3.52. The van der Waals surface area contributed by atoms with Gasteiger partial charge in [0.05, 0.1) is 0 Å². The van der Waals surface area contributed by atoms with E-state index in [1.54, 1.807) is 11.0 Å². The highest BCUT2D eigenvalue weighted by atomic mass is 79.9. The van der Waals surface area contributed by atoms with Crippen molar-refractivity contribution < 1.29 is 14.4 Å². The maximum Gasteiger partial charge on any atom is 0.255 e. The average Bonchev–Trinajstić information content (AvgIpc) is 3.04. The molecular weight excluding hydrogens is 420 g/mol. The third-order valence-electron chi connectivity index (χ3n) is 5.03. The summed E-state index contributed by atoms with van der Waals surface area (Å²) in [5.41, 5.74) is 4.27. The number of nitrogens with zero attached hydrogens (tertiary/aromatic N) is 1. The summed E-state index contributed by atoms with van der Waals surface area (Å²) in [6.07, 6.45) is 0.596. The van der Waals surface area contributed by atoms with Crippen molar-refractivity contribution in [2.75, 3.05) is 0 Å². The molecule has 0 spiro atoms. The van der Waals surface area contributed by atoms with Gasteiger partial charge in [-0.3, -0.25) is 19.7 Å². The first-order chi connectivity index (χ1) is 13.6. The van der Waals surface area contributed by atoms with Crippen LogP contribution in [0.5, 0.6) is 0 Å². The van der Waals surface area contributed by atoms with Crippen molar-refractivity contribution in [3.05, 3.63) is 70.3 Å². The maximum absolute atomic E-state index is 12.8. The summed E-state index contributed by atoms with van der Waals surface area (Å²) in [7, 11) is 0. The molecule has 1 unspecified atom stereocenters. The SMILES string of the molecule is O=C1CCC(N2Cc3c(C#Cc4ccc(CBr)cc4)cccc3C2=O)C(=O)N1. The molecule has 1 atom stereocenters. The highest BCUT2D eigenvalue weighted by molar-refractivity contribution is 9.08. The van der Waals surface area contributed by atoms with Crippen LogP contribution in [0.1, 0.15) is 45.5 Å². The summed E-state index contributed by atoms with van der Waals surface area (Å²) in [5, 5.41) is 3.12. The lowest BCUT2D eigenvalue weighted by Crippen LogP contribution is -2.52. The number of alkyl halides is 1. The van der Waals surface area contributed by atoms with Crippen molar-refractivity contribution in [3.8, 4) is 11.8 Å². The first kappa shape index (κ1) is 18.5. The highest BCUT2D eigenvalue weighted by Gasteiger charge is 2.39. The molecule has 1 fully saturated rings. The smallest absolute Gasteiger partial charge is 0.255 e. The number of carbonyl (C=O) groups excluding carboxylic acids is 3. The summed E-state index contributed by atoms with van der Waals surface area (Å²) < 4.78 is 0. The Hall–Kier alpha value is -2.91. The minimum absolute atomic E-state index is 0.185. The summed E-state index contributed by atoms with van der Waals surface area (Å²) in [6, 6.07) is 12.8. The van der Waals surface area contributed by atoms with Crippen LogP contribution in [-0.4, -0.2) is 28.7 Å². The first-order valence-corrected chi connectivity index (χ1v) is 10.1. The lowest BCUT2D eigenvalue weighted by molar-refractivity contribution is -0.136. The Labute approximate surface area is 171 Å². The summed E-state index contributed by atoms with van der Waals surface area (Å²) in [4.78, 5) is 37.9. The summed E-state index contributed by atoms with van der Waals surface area (Å²) >= 11 is 3.42. The highest BCUT2D eigenvalue weighted by Crippen LogP contribution is 2.29. The molecule has 2 aliphatic rings. The molecule has 0 aliphatic carbocycles. The Kier molecular flexibility index (Phi) is 5.01. The van der Waals surface area contributed by atoms with Gasteiger partial charge >= 0.3 is 0 Å². The topological polar surface area (TPSA) is 66.5 Å². The fourth-order valence-corrected chi connectivity index (χ4v) is 3.89. The lowest BCUT2D eigenvalue weighted by atomic mass is 10.0. The van der Waals surface area contributed by atoms with Gasteiger partial charge in [-0.2, -0.15) is 0 Å². The van der Waals surface area contributed by atoms with Crippen LogP contribution in [0.2, 0.25) is 0 Å². The third kappa shape index (κ3) is 3.46. The molecule has 5 nitrogen and oxygen atoms in total. The van der Waals surface area contributed by atoms with Crippen LogP contribution >= 0.6 is 15.9 Å². The quantitative estimate of drug-likeness (QED) is 0.447. The average molecular weight is 437 g/mol. The van der Waals surface area contributed by atoms with E-state index in [0.29, 0.717) is 18.5 Å². The second-order valence-corrected chi connectivity index (χ2v) is 7.37. The zero-order chi connectivity index (χ0) is 19.7. The van der Waals surface area contributed by atoms with Gasteiger partial charge in [0.25, 0.3) is 5.91 Å². The number of amides is 3. The molecule has 2 aromatic carbocycles. The molecule has 28 heavy (non-hydrogen) atoms. The zero-order valence-corrected chi connectivity index (χ0v) is 16.6. The number of benzene rings is 2. The largest absolute Gasteiger partial charge is 0.322 e. The van der Waals surface area contributed by atoms with E-state index in [1.165, 1.54) is 5.56 Å². The lowest BCUT2D eigenvalue weighted by Gasteiger charge is -2.29. The van der Waals surface area contributed by atoms with Gasteiger partial charge in [-0.15, -0.1) is 0 Å². The van der Waals surface area contributed by atoms with E-state index in [4.69, 9.17) is 0 Å². The second-order valence-electron chi connectivity index (χ2n) is 6.81. The molecule has 4 rings (SSSR count). The van der Waals surface area contributed by atoms with Gasteiger partial charge in [0.1, 0.15) is 6.04 Å². The Morgan fingerprint density at radius 1 is 1.07 bits per heavy atom. The van der Waals surface area contributed by atoms with Crippen LogP contribution in [0, 0.1) is 11.8 Å². The van der Waals surface area contributed by atoms with Crippen LogP contribution < -0.4 is 5.32 Å². The Morgan fingerprint density at radius 2 is 1.86 bits per heavy atom. The molecular formula is C22H17BrN2O3. The van der Waals surface area contributed by atoms with Crippen LogP contribution in [0.15, 0.2) is 42.5 Å². The number of nitrogens with one attached hydrogen (secondary N) is 1. The van der Waals surface area contributed by atoms with E-state index < -0.39 is 11.9 Å². The Morgan fingerprint density at radius 3 is 2.57 bits per heavy atom. The third-order valence-corrected chi connectivity index (χ3v) is 5.68. The van der Waals surface area contributed by atoms with E-state index in [1.807, 2.05) is 36.4 Å². The molecule has 2 aromatic rings. The Bertz CT molecular complexity index is 1030. The number of imide groups is 1. The van der Waals surface area contributed by atoms with Gasteiger partial charge in [-0.05, 0) is 41.8 Å². The predicted octanol–water partition coefficient (Wildman–Crippen LogP) is 2.74. The maximum atomic E-state index is 12.8. The molecule has 0 aromatic heterocycles. The molecule has 0 saturated carbocycles. The zero-order valence-electron chi connectivity index (χ0n) is 15.0. The first-order valence-electron chi connectivity index (χ1n) is 9.00. The van der Waals surface area contributed by atoms with Gasteiger partial charge in [-0.25, -0.2) is 0 Å². The molecule has 0 radical (unpaired) electrons. The number of halogens is 1. The standard InChI is InChI=1S/C22H17BrN2O3/c23-12-15-6-4-14(5-7-15)8-9-16-2-1-3-17-18(16)13-25(22(17)28)19-10-11-20(26)24-21(19)27/h1-7,19H,10-13H2,(H,24,26,27). The molecule has 1 N–H and O–H groups in total. The number of hydrogen-bond acceptors (Lipinski definition) is 3. The van der Waals surface area contributed by atoms with Gasteiger partial charge < -0.3 is 4.90 Å². The second kappa shape index (κ2) is 7.61. The molecule has 140 valence electrons. The predicted molar refractivity (Wildman–Crippen MR) is 108 cm³/mol. The van der Waals surface area contributed by atoms with Crippen molar-refractivity contribution in [1.82, 2.24) is 10.2 Å². The molecule has 0 bridgehead atoms. The van der Waals surface area contributed by atoms with E-state index >= 15 is 0 Å². The molecule has 3 amide bonds. The van der Waals surface area contributed by atoms with Crippen molar-refractivity contribution >= 4 is 33.7 Å². The minimum Gasteiger partial charge on any atom is -0.322 e. The van der Waals surface area contributed by atoms with E-state index in [0.717, 1.165) is 22.0 Å². The van der Waals surface area contributed by atoms with Gasteiger partial charge in [-0.1, -0.05) is 46.0 Å². The summed E-state index contributed by atoms with van der Waals surface area (Å²) in [6.45, 7) is 0.327. The molecule has 2 heterocycles. The van der Waals surface area contributed by atoms with Crippen molar-refractivity contribution in [2.45, 2.75) is 30.8 Å². The van der Waals surface area contributed by atoms with Crippen molar-refractivity contribution in [3.63, 3.8) is 0 Å².